The maximum Gasteiger partial charge on any atom is 0.220 e. The van der Waals surface area contributed by atoms with Crippen LogP contribution in [0.4, 0.5) is 0 Å². The SMILES string of the molecule is CCCCCCC/C=C\C/C=C\C/C=C\CCCCCCCCCCCCCCCCCCCCCCCCC(=O)NC(COC1OC(CO)C(O)C(O)C1O)C(O)/C=C/CC/C=C/CCCCCCCCCCCCCCCC. The summed E-state index contributed by atoms with van der Waals surface area (Å²) in [6.07, 6.45) is 76.2. The topological polar surface area (TPSA) is 149 Å². The molecule has 80 heavy (non-hydrogen) atoms. The Hall–Kier alpha value is -2.11. The van der Waals surface area contributed by atoms with Crippen molar-refractivity contribution < 1.29 is 39.8 Å². The largest absolute Gasteiger partial charge is 0.394 e. The zero-order valence-corrected chi connectivity index (χ0v) is 52.3. The maximum atomic E-state index is 13.1. The molecule has 7 unspecified atom stereocenters. The molecule has 1 fully saturated rings. The van der Waals surface area contributed by atoms with Crippen LogP contribution in [0.15, 0.2) is 60.8 Å². The van der Waals surface area contributed by atoms with Gasteiger partial charge in [0.2, 0.25) is 5.91 Å². The second-order valence-electron chi connectivity index (χ2n) is 24.0. The second kappa shape index (κ2) is 60.0. The van der Waals surface area contributed by atoms with Gasteiger partial charge in [-0.1, -0.05) is 312 Å². The molecule has 1 amide bonds. The van der Waals surface area contributed by atoms with E-state index in [2.05, 4.69) is 67.8 Å². The minimum atomic E-state index is -1.57. The van der Waals surface area contributed by atoms with Crippen molar-refractivity contribution in [1.29, 1.82) is 0 Å². The second-order valence-corrected chi connectivity index (χ2v) is 24.0. The van der Waals surface area contributed by atoms with Crippen molar-refractivity contribution in [2.24, 2.45) is 0 Å². The first-order valence-electron chi connectivity index (χ1n) is 34.5. The van der Waals surface area contributed by atoms with Gasteiger partial charge in [0, 0.05) is 6.42 Å². The van der Waals surface area contributed by atoms with Crippen molar-refractivity contribution in [3.8, 4) is 0 Å². The summed E-state index contributed by atoms with van der Waals surface area (Å²) in [4.78, 5) is 13.1. The highest BCUT2D eigenvalue weighted by atomic mass is 16.7. The fourth-order valence-electron chi connectivity index (χ4n) is 10.9. The number of carbonyl (C=O) groups is 1. The van der Waals surface area contributed by atoms with E-state index in [0.717, 1.165) is 51.4 Å². The molecule has 7 atom stereocenters. The van der Waals surface area contributed by atoms with Crippen LogP contribution in [0.5, 0.6) is 0 Å². The van der Waals surface area contributed by atoms with Gasteiger partial charge >= 0.3 is 0 Å². The van der Waals surface area contributed by atoms with Crippen molar-refractivity contribution in [3.05, 3.63) is 60.8 Å². The maximum absolute atomic E-state index is 13.1. The summed E-state index contributed by atoms with van der Waals surface area (Å²) in [7, 11) is 0. The van der Waals surface area contributed by atoms with Crippen LogP contribution in [0.25, 0.3) is 0 Å². The quantitative estimate of drug-likeness (QED) is 0.0261. The van der Waals surface area contributed by atoms with Gasteiger partial charge in [-0.25, -0.2) is 0 Å². The Bertz CT molecular complexity index is 1450. The summed E-state index contributed by atoms with van der Waals surface area (Å²) in [5.41, 5.74) is 0. The molecule has 1 aliphatic rings. The highest BCUT2D eigenvalue weighted by Gasteiger charge is 2.44. The Morgan fingerprint density at radius 1 is 0.425 bits per heavy atom. The third-order valence-corrected chi connectivity index (χ3v) is 16.3. The average Bonchev–Trinajstić information content (AvgIpc) is 3.46. The van der Waals surface area contributed by atoms with Crippen LogP contribution in [0, 0.1) is 0 Å². The van der Waals surface area contributed by atoms with Crippen LogP contribution in [0.3, 0.4) is 0 Å². The van der Waals surface area contributed by atoms with Crippen molar-refractivity contribution in [3.63, 3.8) is 0 Å². The smallest absolute Gasteiger partial charge is 0.220 e. The summed E-state index contributed by atoms with van der Waals surface area (Å²) in [6, 6.07) is -0.823. The van der Waals surface area contributed by atoms with Gasteiger partial charge in [-0.15, -0.1) is 0 Å². The number of aliphatic hydroxyl groups excluding tert-OH is 5. The molecule has 1 saturated heterocycles. The van der Waals surface area contributed by atoms with Gasteiger partial charge in [0.15, 0.2) is 6.29 Å². The summed E-state index contributed by atoms with van der Waals surface area (Å²) < 4.78 is 11.3. The van der Waals surface area contributed by atoms with E-state index in [1.807, 2.05) is 6.08 Å². The van der Waals surface area contributed by atoms with E-state index in [1.54, 1.807) is 6.08 Å². The fraction of sp³-hybridized carbons (Fsp3) is 0.845. The first-order chi connectivity index (χ1) is 39.3. The molecule has 1 rings (SSSR count). The van der Waals surface area contributed by atoms with Gasteiger partial charge in [-0.05, 0) is 70.6 Å². The molecule has 6 N–H and O–H groups in total. The van der Waals surface area contributed by atoms with E-state index in [0.29, 0.717) is 6.42 Å². The Kier molecular flexibility index (Phi) is 57.0. The number of rotatable bonds is 60. The molecule has 9 heteroatoms. The molecule has 0 radical (unpaired) electrons. The zero-order chi connectivity index (χ0) is 57.9. The zero-order valence-electron chi connectivity index (χ0n) is 52.3. The average molecular weight is 1130 g/mol. The van der Waals surface area contributed by atoms with Gasteiger partial charge in [0.25, 0.3) is 0 Å². The molecule has 0 aromatic rings. The fourth-order valence-corrected chi connectivity index (χ4v) is 10.9. The number of carbonyl (C=O) groups excluding carboxylic acids is 1. The summed E-state index contributed by atoms with van der Waals surface area (Å²) in [5, 5.41) is 54.7. The third-order valence-electron chi connectivity index (χ3n) is 16.3. The molecule has 0 bridgehead atoms. The Labute approximate surface area is 494 Å². The predicted molar refractivity (Wildman–Crippen MR) is 341 cm³/mol. The normalized spacial score (nSPS) is 18.8. The molecule has 1 aliphatic heterocycles. The molecule has 0 aromatic carbocycles. The van der Waals surface area contributed by atoms with Crippen molar-refractivity contribution >= 4 is 5.91 Å². The predicted octanol–water partition coefficient (Wildman–Crippen LogP) is 18.6. The molecule has 0 aliphatic carbocycles. The van der Waals surface area contributed by atoms with Crippen molar-refractivity contribution in [2.75, 3.05) is 13.2 Å². The van der Waals surface area contributed by atoms with Gasteiger partial charge in [0.1, 0.15) is 24.4 Å². The number of hydrogen-bond acceptors (Lipinski definition) is 8. The van der Waals surface area contributed by atoms with Gasteiger partial charge in [-0.3, -0.25) is 4.79 Å². The van der Waals surface area contributed by atoms with Crippen molar-refractivity contribution in [2.45, 2.75) is 371 Å². The highest BCUT2D eigenvalue weighted by molar-refractivity contribution is 5.76. The molecular formula is C71H131NO8. The number of hydrogen-bond donors (Lipinski definition) is 6. The van der Waals surface area contributed by atoms with E-state index in [1.165, 1.54) is 257 Å². The van der Waals surface area contributed by atoms with E-state index in [9.17, 15) is 30.3 Å². The lowest BCUT2D eigenvalue weighted by Gasteiger charge is -2.40. The number of ether oxygens (including phenoxy) is 2. The third kappa shape index (κ3) is 48.3. The van der Waals surface area contributed by atoms with Crippen LogP contribution in [0.2, 0.25) is 0 Å². The summed E-state index contributed by atoms with van der Waals surface area (Å²) >= 11 is 0. The molecule has 0 spiro atoms. The lowest BCUT2D eigenvalue weighted by molar-refractivity contribution is -0.302. The van der Waals surface area contributed by atoms with Crippen molar-refractivity contribution in [1.82, 2.24) is 5.32 Å². The molecule has 0 saturated carbocycles. The number of allylic oxidation sites excluding steroid dienone is 9. The monoisotopic (exact) mass is 1130 g/mol. The minimum Gasteiger partial charge on any atom is -0.394 e. The van der Waals surface area contributed by atoms with E-state index >= 15 is 0 Å². The Morgan fingerprint density at radius 2 is 0.750 bits per heavy atom. The number of unbranched alkanes of at least 4 members (excludes halogenated alkanes) is 42. The van der Waals surface area contributed by atoms with Crippen LogP contribution >= 0.6 is 0 Å². The van der Waals surface area contributed by atoms with E-state index < -0.39 is 49.5 Å². The molecule has 1 heterocycles. The number of amides is 1. The van der Waals surface area contributed by atoms with E-state index in [-0.39, 0.29) is 12.5 Å². The first kappa shape index (κ1) is 75.9. The lowest BCUT2D eigenvalue weighted by Crippen LogP contribution is -2.60. The summed E-state index contributed by atoms with van der Waals surface area (Å²) in [5.74, 6) is -0.182. The lowest BCUT2D eigenvalue weighted by atomic mass is 9.99. The standard InChI is InChI=1S/C71H131NO8/c1-3-5-7-9-11-13-15-17-19-21-23-25-26-27-28-29-30-31-32-33-34-35-36-37-38-39-40-41-43-45-47-49-51-53-55-57-59-61-67(75)72-64(63-79-71-70(78)69(77)68(76)66(62-73)80-71)65(74)60-58-56-54-52-50-48-46-44-42-24-22-20-18-16-14-12-10-8-6-4-2/h15,17,21,23,26-27,50,52,58,60,64-66,68-71,73-74,76-78H,3-14,16,18-20,22,24-25,28-49,51,53-57,59,61-63H2,1-2H3,(H,72,75)/b17-15-,23-21-,27-26-,52-50+,60-58+. The first-order valence-corrected chi connectivity index (χ1v) is 34.5. The number of aliphatic hydroxyl groups is 5. The van der Waals surface area contributed by atoms with Crippen LogP contribution < -0.4 is 5.32 Å². The van der Waals surface area contributed by atoms with Gasteiger partial charge in [0.05, 0.1) is 25.4 Å². The number of nitrogens with one attached hydrogen (secondary N) is 1. The minimum absolute atomic E-state index is 0.182. The Morgan fingerprint density at radius 3 is 1.14 bits per heavy atom. The van der Waals surface area contributed by atoms with Crippen LogP contribution in [-0.2, 0) is 14.3 Å². The Balaban J connectivity index is 2.10. The molecule has 468 valence electrons. The molecular weight excluding hydrogens is 995 g/mol. The summed E-state index contributed by atoms with van der Waals surface area (Å²) in [6.45, 7) is 3.79. The van der Waals surface area contributed by atoms with Gasteiger partial charge < -0.3 is 40.3 Å². The highest BCUT2D eigenvalue weighted by Crippen LogP contribution is 2.23. The molecule has 9 nitrogen and oxygen atoms in total. The molecule has 0 aromatic heterocycles. The van der Waals surface area contributed by atoms with E-state index in [4.69, 9.17) is 9.47 Å². The van der Waals surface area contributed by atoms with Crippen LogP contribution in [0.1, 0.15) is 328 Å². The van der Waals surface area contributed by atoms with Gasteiger partial charge in [-0.2, -0.15) is 0 Å². The van der Waals surface area contributed by atoms with Crippen LogP contribution in [-0.4, -0.2) is 87.5 Å².